The van der Waals surface area contributed by atoms with Crippen molar-refractivity contribution in [2.45, 2.75) is 0 Å². The Kier molecular flexibility index (Phi) is 5.95. The Morgan fingerprint density at radius 2 is 2.00 bits per heavy atom. The van der Waals surface area contributed by atoms with E-state index >= 15 is 0 Å². The number of allylic oxidation sites excluding steroid dienone is 3. The molecule has 0 aromatic carbocycles. The summed E-state index contributed by atoms with van der Waals surface area (Å²) in [5, 5.41) is 0. The highest BCUT2D eigenvalue weighted by atomic mass is 16.5. The number of rotatable bonds is 5. The summed E-state index contributed by atoms with van der Waals surface area (Å²) in [5.41, 5.74) is 6.82. The second-order valence-corrected chi connectivity index (χ2v) is 2.60. The fourth-order valence-corrected chi connectivity index (χ4v) is 0.631. The Hall–Kier alpha value is -1.71. The first-order chi connectivity index (χ1) is 6.60. The number of hydrogen-bond donors (Lipinski definition) is 1. The summed E-state index contributed by atoms with van der Waals surface area (Å²) in [5.74, 6) is -0.321. The van der Waals surface area contributed by atoms with Crippen molar-refractivity contribution >= 4 is 13.7 Å². The van der Waals surface area contributed by atoms with E-state index in [2.05, 4.69) is 13.2 Å². The molecule has 0 amide bonds. The second-order valence-electron chi connectivity index (χ2n) is 2.60. The van der Waals surface area contributed by atoms with Crippen LogP contribution >= 0.6 is 0 Å². The average molecular weight is 191 g/mol. The van der Waals surface area contributed by atoms with Gasteiger partial charge in [-0.15, -0.1) is 0 Å². The second kappa shape index (κ2) is 6.77. The fraction of sp³-hybridized carbons (Fsp3) is 0.100. The van der Waals surface area contributed by atoms with Crippen LogP contribution in [0.5, 0.6) is 0 Å². The number of carbonyl (C=O) groups excluding carboxylic acids is 1. The highest BCUT2D eigenvalue weighted by Gasteiger charge is 1.94. The van der Waals surface area contributed by atoms with Crippen molar-refractivity contribution in [3.63, 3.8) is 0 Å². The van der Waals surface area contributed by atoms with Crippen LogP contribution in [0.1, 0.15) is 0 Å². The van der Waals surface area contributed by atoms with Gasteiger partial charge >= 0.3 is 0 Å². The van der Waals surface area contributed by atoms with Crippen LogP contribution in [0, 0.1) is 0 Å². The minimum absolute atomic E-state index is 0.208. The van der Waals surface area contributed by atoms with Crippen molar-refractivity contribution < 1.29 is 9.53 Å². The first-order valence-electron chi connectivity index (χ1n) is 4.14. The molecule has 14 heavy (non-hydrogen) atoms. The highest BCUT2D eigenvalue weighted by Crippen LogP contribution is 1.99. The number of carbonyl (C=O) groups is 1. The molecule has 74 valence electrons. The summed E-state index contributed by atoms with van der Waals surface area (Å²) < 4.78 is 4.79. The Balaban J connectivity index is 4.32. The van der Waals surface area contributed by atoms with Gasteiger partial charge in [0.15, 0.2) is 0 Å². The van der Waals surface area contributed by atoms with Gasteiger partial charge < -0.3 is 10.5 Å². The third-order valence-corrected chi connectivity index (χ3v) is 1.43. The van der Waals surface area contributed by atoms with E-state index in [1.807, 2.05) is 0 Å². The Labute approximate surface area is 85.0 Å². The zero-order valence-corrected chi connectivity index (χ0v) is 8.32. The standard InChI is InChI=1S/C10H14BNO2/c1-3-8(7-14-10(11)13)5-6-9(12)4-2/h3-6H,1-2,7,11-12H2/b8-5+,9-6+. The van der Waals surface area contributed by atoms with E-state index in [0.717, 1.165) is 5.57 Å². The molecule has 0 saturated carbocycles. The molecule has 4 heteroatoms. The number of ether oxygens (including phenoxy) is 1. The van der Waals surface area contributed by atoms with E-state index in [1.165, 1.54) is 13.9 Å². The first kappa shape index (κ1) is 12.3. The lowest BCUT2D eigenvalue weighted by atomic mass is 10.2. The summed E-state index contributed by atoms with van der Waals surface area (Å²) in [6.07, 6.45) is 6.54. The summed E-state index contributed by atoms with van der Waals surface area (Å²) in [6, 6.07) is 0. The molecule has 0 fully saturated rings. The normalized spacial score (nSPS) is 12.0. The van der Waals surface area contributed by atoms with Gasteiger partial charge in [-0.25, -0.2) is 0 Å². The lowest BCUT2D eigenvalue weighted by Gasteiger charge is -2.01. The van der Waals surface area contributed by atoms with Gasteiger partial charge in [-0.05, 0) is 17.7 Å². The average Bonchev–Trinajstić information content (AvgIpc) is 2.17. The van der Waals surface area contributed by atoms with Crippen LogP contribution < -0.4 is 5.73 Å². The Morgan fingerprint density at radius 1 is 1.36 bits per heavy atom. The molecule has 0 aliphatic heterocycles. The number of hydrogen-bond acceptors (Lipinski definition) is 3. The van der Waals surface area contributed by atoms with Crippen LogP contribution in [0.15, 0.2) is 48.7 Å². The third kappa shape index (κ3) is 5.88. The predicted octanol–water partition coefficient (Wildman–Crippen LogP) is 0.897. The van der Waals surface area contributed by atoms with Crippen molar-refractivity contribution in [1.29, 1.82) is 0 Å². The highest BCUT2D eigenvalue weighted by molar-refractivity contribution is 6.55. The van der Waals surface area contributed by atoms with Gasteiger partial charge in [0.1, 0.15) is 6.61 Å². The molecule has 0 radical (unpaired) electrons. The molecule has 0 bridgehead atoms. The van der Waals surface area contributed by atoms with Crippen LogP contribution in [-0.2, 0) is 4.74 Å². The number of nitrogens with two attached hydrogens (primary N) is 1. The summed E-state index contributed by atoms with van der Waals surface area (Å²) in [6.45, 7) is 7.30. The monoisotopic (exact) mass is 191 g/mol. The molecular weight excluding hydrogens is 177 g/mol. The van der Waals surface area contributed by atoms with E-state index in [-0.39, 0.29) is 12.5 Å². The van der Waals surface area contributed by atoms with Gasteiger partial charge in [0.25, 0.3) is 0 Å². The van der Waals surface area contributed by atoms with Crippen molar-refractivity contribution in [2.75, 3.05) is 6.61 Å². The smallest absolute Gasteiger partial charge is 0.243 e. The van der Waals surface area contributed by atoms with Gasteiger partial charge in [-0.1, -0.05) is 25.3 Å². The zero-order valence-electron chi connectivity index (χ0n) is 8.32. The zero-order chi connectivity index (χ0) is 11.0. The summed E-state index contributed by atoms with van der Waals surface area (Å²) in [4.78, 5) is 10.5. The Morgan fingerprint density at radius 3 is 2.43 bits per heavy atom. The maximum Gasteiger partial charge on any atom is 0.243 e. The topological polar surface area (TPSA) is 52.3 Å². The molecule has 0 aliphatic rings. The maximum atomic E-state index is 10.5. The maximum absolute atomic E-state index is 10.5. The minimum atomic E-state index is -0.321. The molecule has 3 nitrogen and oxygen atoms in total. The molecule has 0 rings (SSSR count). The van der Waals surface area contributed by atoms with E-state index in [0.29, 0.717) is 5.70 Å². The quantitative estimate of drug-likeness (QED) is 0.518. The lowest BCUT2D eigenvalue weighted by molar-refractivity contribution is 0.184. The molecule has 0 spiro atoms. The molecule has 0 heterocycles. The fourth-order valence-electron chi connectivity index (χ4n) is 0.631. The van der Waals surface area contributed by atoms with Crippen LogP contribution in [0.2, 0.25) is 0 Å². The summed E-state index contributed by atoms with van der Waals surface area (Å²) in [7, 11) is 1.36. The molecule has 0 aliphatic carbocycles. The first-order valence-corrected chi connectivity index (χ1v) is 4.14. The molecule has 0 aromatic rings. The van der Waals surface area contributed by atoms with Crippen molar-refractivity contribution in [3.05, 3.63) is 48.7 Å². The largest absolute Gasteiger partial charge is 0.469 e. The van der Waals surface area contributed by atoms with Crippen LogP contribution in [-0.4, -0.2) is 20.3 Å². The van der Waals surface area contributed by atoms with Gasteiger partial charge in [0, 0.05) is 5.70 Å². The van der Waals surface area contributed by atoms with E-state index in [1.54, 1.807) is 18.2 Å². The van der Waals surface area contributed by atoms with Crippen molar-refractivity contribution in [3.8, 4) is 0 Å². The predicted molar refractivity (Wildman–Crippen MR) is 60.6 cm³/mol. The molecule has 2 N–H and O–H groups in total. The SMILES string of the molecule is BC(=O)OC/C(C=C)=C/C=C(/N)C=C. The molecule has 0 aromatic heterocycles. The summed E-state index contributed by atoms with van der Waals surface area (Å²) >= 11 is 0. The molecule has 0 saturated heterocycles. The molecular formula is C10H14BNO2. The van der Waals surface area contributed by atoms with Crippen LogP contribution in [0.3, 0.4) is 0 Å². The van der Waals surface area contributed by atoms with E-state index in [4.69, 9.17) is 10.5 Å². The van der Waals surface area contributed by atoms with E-state index < -0.39 is 0 Å². The minimum Gasteiger partial charge on any atom is -0.469 e. The van der Waals surface area contributed by atoms with Crippen LogP contribution in [0.25, 0.3) is 0 Å². The molecule has 0 atom stereocenters. The van der Waals surface area contributed by atoms with E-state index in [9.17, 15) is 4.79 Å². The van der Waals surface area contributed by atoms with Gasteiger partial charge in [0.2, 0.25) is 13.7 Å². The van der Waals surface area contributed by atoms with Gasteiger partial charge in [0.05, 0.1) is 0 Å². The van der Waals surface area contributed by atoms with Crippen molar-refractivity contribution in [1.82, 2.24) is 0 Å². The van der Waals surface area contributed by atoms with Crippen LogP contribution in [0.4, 0.5) is 4.79 Å². The van der Waals surface area contributed by atoms with Gasteiger partial charge in [-0.3, -0.25) is 4.79 Å². The van der Waals surface area contributed by atoms with Crippen molar-refractivity contribution in [2.24, 2.45) is 5.73 Å². The lowest BCUT2D eigenvalue weighted by Crippen LogP contribution is -2.03. The molecule has 0 unspecified atom stereocenters. The van der Waals surface area contributed by atoms with Gasteiger partial charge in [-0.2, -0.15) is 0 Å². The third-order valence-electron chi connectivity index (χ3n) is 1.43. The Bertz CT molecular complexity index is 292.